The Morgan fingerprint density at radius 3 is 1.48 bits per heavy atom. The zero-order valence-corrected chi connectivity index (χ0v) is 25.4. The van der Waals surface area contributed by atoms with Gasteiger partial charge in [-0.25, -0.2) is 0 Å². The fourth-order valence-electron chi connectivity index (χ4n) is 5.89. The first-order chi connectivity index (χ1) is 19.3. The van der Waals surface area contributed by atoms with Crippen LogP contribution in [-0.2, 0) is 19.2 Å². The van der Waals surface area contributed by atoms with E-state index >= 15 is 0 Å². The third-order valence-corrected chi connectivity index (χ3v) is 8.72. The van der Waals surface area contributed by atoms with Gasteiger partial charge in [-0.2, -0.15) is 0 Å². The minimum atomic E-state index is -0.874. The van der Waals surface area contributed by atoms with Gasteiger partial charge >= 0.3 is 11.9 Å². The van der Waals surface area contributed by atoms with E-state index in [1.165, 1.54) is 77.0 Å². The summed E-state index contributed by atoms with van der Waals surface area (Å²) in [5.41, 5.74) is 0. The van der Waals surface area contributed by atoms with Crippen molar-refractivity contribution in [2.45, 2.75) is 161 Å². The second-order valence-electron chi connectivity index (χ2n) is 12.2. The van der Waals surface area contributed by atoms with E-state index in [2.05, 4.69) is 5.32 Å². The van der Waals surface area contributed by atoms with Crippen molar-refractivity contribution in [2.75, 3.05) is 6.54 Å². The van der Waals surface area contributed by atoms with E-state index in [9.17, 15) is 24.3 Å². The third kappa shape index (κ3) is 19.2. The molecule has 232 valence electrons. The molecule has 3 N–H and O–H groups in total. The monoisotopic (exact) mass is 565 g/mol. The molecule has 7 heteroatoms. The molecule has 0 radical (unpaired) electrons. The van der Waals surface area contributed by atoms with Gasteiger partial charge in [0.25, 0.3) is 0 Å². The first-order valence-electron chi connectivity index (χ1n) is 16.6. The fourth-order valence-corrected chi connectivity index (χ4v) is 5.89. The van der Waals surface area contributed by atoms with Gasteiger partial charge in [-0.15, -0.1) is 0 Å². The van der Waals surface area contributed by atoms with E-state index in [0.717, 1.165) is 51.4 Å². The first-order valence-corrected chi connectivity index (χ1v) is 16.6. The van der Waals surface area contributed by atoms with Crippen LogP contribution >= 0.6 is 0 Å². The highest BCUT2D eigenvalue weighted by Gasteiger charge is 2.29. The molecule has 0 aromatic carbocycles. The lowest BCUT2D eigenvalue weighted by Crippen LogP contribution is -2.32. The Bertz CT molecular complexity index is 701. The van der Waals surface area contributed by atoms with Crippen molar-refractivity contribution in [3.05, 3.63) is 0 Å². The Morgan fingerprint density at radius 1 is 0.650 bits per heavy atom. The molecule has 0 saturated heterocycles. The molecule has 0 heterocycles. The molecule has 0 aromatic heterocycles. The molecular formula is C33H59NO6. The van der Waals surface area contributed by atoms with Crippen LogP contribution in [-0.4, -0.2) is 40.4 Å². The molecule has 0 aromatic rings. The molecule has 40 heavy (non-hydrogen) atoms. The quantitative estimate of drug-likeness (QED) is 0.0912. The topological polar surface area (TPSA) is 121 Å². The van der Waals surface area contributed by atoms with Gasteiger partial charge in [0.15, 0.2) is 0 Å². The molecule has 1 amide bonds. The molecule has 7 nitrogen and oxygen atoms in total. The van der Waals surface area contributed by atoms with Crippen LogP contribution in [0.2, 0.25) is 0 Å². The number of Topliss-reactive ketones (excluding diaryl/α,β-unsaturated/α-hetero) is 1. The number of aliphatic carboxylic acids is 2. The molecule has 0 aliphatic heterocycles. The van der Waals surface area contributed by atoms with E-state index in [-0.39, 0.29) is 24.0 Å². The number of carbonyl (C=O) groups is 4. The zero-order valence-electron chi connectivity index (χ0n) is 25.4. The van der Waals surface area contributed by atoms with Gasteiger partial charge in [0.1, 0.15) is 5.78 Å². The zero-order chi connectivity index (χ0) is 29.4. The number of hydrogen-bond acceptors (Lipinski definition) is 4. The van der Waals surface area contributed by atoms with Gasteiger partial charge in [-0.05, 0) is 50.9 Å². The molecule has 0 spiro atoms. The van der Waals surface area contributed by atoms with Crippen LogP contribution in [0.5, 0.6) is 0 Å². The Morgan fingerprint density at radius 2 is 1.07 bits per heavy atom. The van der Waals surface area contributed by atoms with Crippen molar-refractivity contribution in [2.24, 2.45) is 17.8 Å². The highest BCUT2D eigenvalue weighted by molar-refractivity contribution is 5.85. The normalized spacial score (nSPS) is 17.8. The van der Waals surface area contributed by atoms with Crippen molar-refractivity contribution in [1.29, 1.82) is 0 Å². The van der Waals surface area contributed by atoms with Gasteiger partial charge in [0, 0.05) is 31.7 Å². The number of carbonyl (C=O) groups excluding carboxylic acids is 2. The predicted molar refractivity (Wildman–Crippen MR) is 160 cm³/mol. The number of hydrogen-bond donors (Lipinski definition) is 3. The summed E-state index contributed by atoms with van der Waals surface area (Å²) >= 11 is 0. The summed E-state index contributed by atoms with van der Waals surface area (Å²) in [4.78, 5) is 46.3. The Balaban J connectivity index is 1.87. The molecule has 1 saturated carbocycles. The van der Waals surface area contributed by atoms with Gasteiger partial charge < -0.3 is 15.5 Å². The number of amides is 1. The summed E-state index contributed by atoms with van der Waals surface area (Å²) in [5.74, 6) is -1.45. The largest absolute Gasteiger partial charge is 0.481 e. The maximum absolute atomic E-state index is 12.4. The number of carboxylic acids is 2. The summed E-state index contributed by atoms with van der Waals surface area (Å²) in [7, 11) is 0. The minimum absolute atomic E-state index is 0.00881. The second-order valence-corrected chi connectivity index (χ2v) is 12.2. The van der Waals surface area contributed by atoms with E-state index in [4.69, 9.17) is 5.11 Å². The molecule has 1 aliphatic carbocycles. The highest BCUT2D eigenvalue weighted by atomic mass is 16.4. The number of nitrogens with one attached hydrogen (secondary N) is 1. The van der Waals surface area contributed by atoms with E-state index in [1.807, 2.05) is 6.92 Å². The van der Waals surface area contributed by atoms with E-state index in [1.54, 1.807) is 0 Å². The SMILES string of the molecule is CCC(CC(=O)C1CCC(CNC(=O)CCCCCCCCCCCCCCCCCCC(=O)O)CC1)C(=O)O. The van der Waals surface area contributed by atoms with Crippen LogP contribution in [0.15, 0.2) is 0 Å². The van der Waals surface area contributed by atoms with Gasteiger partial charge in [-0.3, -0.25) is 19.2 Å². The summed E-state index contributed by atoms with van der Waals surface area (Å²) in [6.45, 7) is 2.51. The molecule has 1 rings (SSSR count). The van der Waals surface area contributed by atoms with Gasteiger partial charge in [0.2, 0.25) is 5.91 Å². The van der Waals surface area contributed by atoms with Crippen molar-refractivity contribution >= 4 is 23.6 Å². The number of unbranched alkanes of at least 4 members (excludes halogenated alkanes) is 15. The minimum Gasteiger partial charge on any atom is -0.481 e. The van der Waals surface area contributed by atoms with E-state index < -0.39 is 17.9 Å². The Kier molecular flexibility index (Phi) is 21.4. The van der Waals surface area contributed by atoms with Crippen molar-refractivity contribution in [1.82, 2.24) is 5.32 Å². The summed E-state index contributed by atoms with van der Waals surface area (Å²) in [6, 6.07) is 0. The number of rotatable bonds is 26. The average Bonchev–Trinajstić information content (AvgIpc) is 2.93. The highest BCUT2D eigenvalue weighted by Crippen LogP contribution is 2.31. The summed E-state index contributed by atoms with van der Waals surface area (Å²) in [6.07, 6.45) is 24.4. The van der Waals surface area contributed by atoms with Crippen molar-refractivity contribution in [3.63, 3.8) is 0 Å². The van der Waals surface area contributed by atoms with Crippen LogP contribution in [0.4, 0.5) is 0 Å². The average molecular weight is 566 g/mol. The van der Waals surface area contributed by atoms with Crippen LogP contribution in [0.25, 0.3) is 0 Å². The smallest absolute Gasteiger partial charge is 0.306 e. The molecule has 1 atom stereocenters. The lowest BCUT2D eigenvalue weighted by atomic mass is 9.78. The van der Waals surface area contributed by atoms with Crippen LogP contribution < -0.4 is 5.32 Å². The fraction of sp³-hybridized carbons (Fsp3) is 0.879. The maximum Gasteiger partial charge on any atom is 0.306 e. The van der Waals surface area contributed by atoms with Crippen molar-refractivity contribution in [3.8, 4) is 0 Å². The lowest BCUT2D eigenvalue weighted by molar-refractivity contribution is -0.144. The first kappa shape index (κ1) is 36.1. The molecule has 1 unspecified atom stereocenters. The third-order valence-electron chi connectivity index (χ3n) is 8.72. The Hall–Kier alpha value is -1.92. The molecular weight excluding hydrogens is 506 g/mol. The van der Waals surface area contributed by atoms with Gasteiger partial charge in [-0.1, -0.05) is 96.8 Å². The molecule has 1 aliphatic rings. The Labute approximate surface area is 243 Å². The standard InChI is InChI=1S/C33H59NO6/c1-2-28(33(39)40)25-30(35)29-23-21-27(22-24-29)26-34-31(36)19-17-15-13-11-9-7-5-3-4-6-8-10-12-14-16-18-20-32(37)38/h27-29H,2-26H2,1H3,(H,34,36)(H,37,38)(H,39,40). The number of ketones is 1. The maximum atomic E-state index is 12.4. The molecule has 0 bridgehead atoms. The lowest BCUT2D eigenvalue weighted by Gasteiger charge is -2.28. The van der Waals surface area contributed by atoms with E-state index in [0.29, 0.717) is 31.7 Å². The summed E-state index contributed by atoms with van der Waals surface area (Å²) in [5, 5.41) is 20.9. The summed E-state index contributed by atoms with van der Waals surface area (Å²) < 4.78 is 0. The van der Waals surface area contributed by atoms with Crippen LogP contribution in [0.1, 0.15) is 161 Å². The van der Waals surface area contributed by atoms with Crippen molar-refractivity contribution < 1.29 is 29.4 Å². The number of carboxylic acid groups (broad SMARTS) is 2. The van der Waals surface area contributed by atoms with Crippen LogP contribution in [0.3, 0.4) is 0 Å². The van der Waals surface area contributed by atoms with Gasteiger partial charge in [0.05, 0.1) is 5.92 Å². The molecule has 1 fully saturated rings. The predicted octanol–water partition coefficient (Wildman–Crippen LogP) is 8.09. The second kappa shape index (κ2) is 23.8. The van der Waals surface area contributed by atoms with Crippen LogP contribution in [0, 0.1) is 17.8 Å².